The summed E-state index contributed by atoms with van der Waals surface area (Å²) in [6.45, 7) is 5.31. The van der Waals surface area contributed by atoms with Crippen LogP contribution in [0.1, 0.15) is 11.1 Å². The van der Waals surface area contributed by atoms with Gasteiger partial charge in [0.1, 0.15) is 13.2 Å². The molecule has 134 valence electrons. The second kappa shape index (κ2) is 8.58. The van der Waals surface area contributed by atoms with Crippen LogP contribution in [0, 0.1) is 0 Å². The molecule has 0 aliphatic heterocycles. The van der Waals surface area contributed by atoms with Gasteiger partial charge >= 0.3 is 0 Å². The molecule has 0 heterocycles. The summed E-state index contributed by atoms with van der Waals surface area (Å²) in [7, 11) is -1.07. The molecule has 3 rings (SSSR count). The van der Waals surface area contributed by atoms with Crippen molar-refractivity contribution >= 4 is 14.0 Å². The topological polar surface area (TPSA) is 38.7 Å². The van der Waals surface area contributed by atoms with Gasteiger partial charge in [-0.1, -0.05) is 78.9 Å². The third kappa shape index (κ3) is 4.67. The van der Waals surface area contributed by atoms with E-state index in [1.54, 1.807) is 0 Å². The fourth-order valence-corrected chi connectivity index (χ4v) is 3.60. The maximum absolute atomic E-state index is 10.6. The highest BCUT2D eigenvalue weighted by atomic mass is 28.3. The average Bonchev–Trinajstić information content (AvgIpc) is 2.67. The van der Waals surface area contributed by atoms with E-state index in [0.29, 0.717) is 24.7 Å². The summed E-state index contributed by atoms with van der Waals surface area (Å²) in [6.07, 6.45) is 0. The predicted octanol–water partition coefficient (Wildman–Crippen LogP) is 4.24. The van der Waals surface area contributed by atoms with E-state index < -0.39 is 8.80 Å². The molecule has 26 heavy (non-hydrogen) atoms. The van der Waals surface area contributed by atoms with Crippen molar-refractivity contribution in [3.05, 3.63) is 83.9 Å². The zero-order chi connectivity index (χ0) is 18.4. The van der Waals surface area contributed by atoms with Crippen molar-refractivity contribution in [2.75, 3.05) is 0 Å². The number of phenolic OH excluding ortho intramolecular Hbond substituents is 1. The molecule has 4 heteroatoms. The predicted molar refractivity (Wildman–Crippen MR) is 108 cm³/mol. The molecule has 0 atom stereocenters. The number of hydrogen-bond donors (Lipinski definition) is 1. The lowest BCUT2D eigenvalue weighted by Gasteiger charge is -2.16. The summed E-state index contributed by atoms with van der Waals surface area (Å²) in [5.74, 6) is 1.03. The fourth-order valence-electron chi connectivity index (χ4n) is 2.63. The highest BCUT2D eigenvalue weighted by Gasteiger charge is 2.15. The van der Waals surface area contributed by atoms with Gasteiger partial charge in [0.25, 0.3) is 0 Å². The van der Waals surface area contributed by atoms with Crippen molar-refractivity contribution in [2.24, 2.45) is 0 Å². The Morgan fingerprint density at radius 1 is 0.731 bits per heavy atom. The summed E-state index contributed by atoms with van der Waals surface area (Å²) < 4.78 is 11.8. The molecule has 0 saturated carbocycles. The van der Waals surface area contributed by atoms with Crippen LogP contribution >= 0.6 is 0 Å². The van der Waals surface area contributed by atoms with E-state index in [4.69, 9.17) is 9.47 Å². The van der Waals surface area contributed by atoms with Crippen LogP contribution in [0.2, 0.25) is 13.1 Å². The van der Waals surface area contributed by atoms with Crippen LogP contribution in [0.15, 0.2) is 72.8 Å². The van der Waals surface area contributed by atoms with E-state index in [-0.39, 0.29) is 5.75 Å². The summed E-state index contributed by atoms with van der Waals surface area (Å²) in [6, 6.07) is 23.8. The van der Waals surface area contributed by atoms with Gasteiger partial charge in [-0.25, -0.2) is 0 Å². The zero-order valence-electron chi connectivity index (χ0n) is 15.2. The molecule has 0 saturated heterocycles. The van der Waals surface area contributed by atoms with Gasteiger partial charge in [-0.05, 0) is 23.3 Å². The van der Waals surface area contributed by atoms with Crippen molar-refractivity contribution in [1.29, 1.82) is 0 Å². The number of phenols is 1. The van der Waals surface area contributed by atoms with Gasteiger partial charge in [0.15, 0.2) is 11.5 Å². The number of benzene rings is 3. The molecular weight excluding hydrogens is 340 g/mol. The summed E-state index contributed by atoms with van der Waals surface area (Å²) >= 11 is 0. The Hall–Kier alpha value is -2.72. The Kier molecular flexibility index (Phi) is 5.97. The van der Waals surface area contributed by atoms with Crippen molar-refractivity contribution in [1.82, 2.24) is 0 Å². The van der Waals surface area contributed by atoms with Crippen LogP contribution in [0.4, 0.5) is 0 Å². The second-order valence-corrected chi connectivity index (χ2v) is 9.55. The molecule has 1 N–H and O–H groups in total. The van der Waals surface area contributed by atoms with E-state index in [1.165, 1.54) is 5.19 Å². The highest BCUT2D eigenvalue weighted by molar-refractivity contribution is 6.70. The van der Waals surface area contributed by atoms with E-state index >= 15 is 0 Å². The van der Waals surface area contributed by atoms with Crippen molar-refractivity contribution in [2.45, 2.75) is 26.3 Å². The molecule has 0 spiro atoms. The summed E-state index contributed by atoms with van der Waals surface area (Å²) in [5, 5.41) is 11.8. The monoisotopic (exact) mass is 364 g/mol. The fraction of sp³-hybridized carbons (Fsp3) is 0.182. The first-order valence-electron chi connectivity index (χ1n) is 8.84. The molecule has 3 nitrogen and oxygen atoms in total. The molecule has 0 bridgehead atoms. The summed E-state index contributed by atoms with van der Waals surface area (Å²) in [4.78, 5) is 0. The van der Waals surface area contributed by atoms with Crippen molar-refractivity contribution in [3.63, 3.8) is 0 Å². The van der Waals surface area contributed by atoms with Gasteiger partial charge in [-0.15, -0.1) is 0 Å². The smallest absolute Gasteiger partial charge is 0.200 e. The highest BCUT2D eigenvalue weighted by Crippen LogP contribution is 2.36. The SMILES string of the molecule is C[SiH](C)c1cc(OCc2ccccc2)c(O)c(OCc2ccccc2)c1. The van der Waals surface area contributed by atoms with Crippen LogP contribution < -0.4 is 14.7 Å². The maximum Gasteiger partial charge on any atom is 0.200 e. The zero-order valence-corrected chi connectivity index (χ0v) is 16.3. The molecule has 0 aliphatic rings. The summed E-state index contributed by atoms with van der Waals surface area (Å²) in [5.41, 5.74) is 2.12. The number of rotatable bonds is 7. The van der Waals surface area contributed by atoms with Crippen LogP contribution in [-0.2, 0) is 13.2 Å². The van der Waals surface area contributed by atoms with Gasteiger partial charge in [-0.3, -0.25) is 0 Å². The Balaban J connectivity index is 1.80. The van der Waals surface area contributed by atoms with Crippen LogP contribution in [0.3, 0.4) is 0 Å². The first-order chi connectivity index (χ1) is 12.6. The Labute approximate surface area is 156 Å². The van der Waals surface area contributed by atoms with Crippen LogP contribution in [0.25, 0.3) is 0 Å². The van der Waals surface area contributed by atoms with E-state index in [0.717, 1.165) is 11.1 Å². The molecule has 3 aromatic rings. The van der Waals surface area contributed by atoms with Gasteiger partial charge in [-0.2, -0.15) is 0 Å². The quantitative estimate of drug-likeness (QED) is 0.637. The van der Waals surface area contributed by atoms with E-state index in [9.17, 15) is 5.11 Å². The largest absolute Gasteiger partial charge is 0.502 e. The first kappa shape index (κ1) is 18.1. The van der Waals surface area contributed by atoms with Crippen LogP contribution in [0.5, 0.6) is 17.2 Å². The van der Waals surface area contributed by atoms with E-state index in [1.807, 2.05) is 72.8 Å². The molecule has 0 aromatic heterocycles. The molecule has 0 aliphatic carbocycles. The normalized spacial score (nSPS) is 10.7. The lowest BCUT2D eigenvalue weighted by atomic mass is 10.2. The Morgan fingerprint density at radius 2 is 1.15 bits per heavy atom. The lowest BCUT2D eigenvalue weighted by molar-refractivity contribution is 0.263. The minimum atomic E-state index is -1.07. The van der Waals surface area contributed by atoms with E-state index in [2.05, 4.69) is 13.1 Å². The molecular formula is C22H24O3Si. The number of ether oxygens (including phenoxy) is 2. The molecule has 0 fully saturated rings. The molecule has 0 radical (unpaired) electrons. The standard InChI is InChI=1S/C22H24O3Si/c1-26(2)19-13-20(24-15-17-9-5-3-6-10-17)22(23)21(14-19)25-16-18-11-7-4-8-12-18/h3-14,23,26H,15-16H2,1-2H3. The number of hydrogen-bond acceptors (Lipinski definition) is 3. The van der Waals surface area contributed by atoms with Crippen LogP contribution in [-0.4, -0.2) is 13.9 Å². The minimum Gasteiger partial charge on any atom is -0.502 e. The molecule has 3 aromatic carbocycles. The number of aromatic hydroxyl groups is 1. The van der Waals surface area contributed by atoms with Gasteiger partial charge in [0.05, 0.1) is 8.80 Å². The van der Waals surface area contributed by atoms with Gasteiger partial charge in [0, 0.05) is 0 Å². The third-order valence-electron chi connectivity index (χ3n) is 4.20. The first-order valence-corrected chi connectivity index (χ1v) is 11.7. The minimum absolute atomic E-state index is 0.0651. The Bertz CT molecular complexity index is 768. The maximum atomic E-state index is 10.6. The molecule has 0 amide bonds. The van der Waals surface area contributed by atoms with Gasteiger partial charge in [0.2, 0.25) is 5.75 Å². The second-order valence-electron chi connectivity index (χ2n) is 6.57. The van der Waals surface area contributed by atoms with Crippen molar-refractivity contribution in [3.8, 4) is 17.2 Å². The average molecular weight is 365 g/mol. The van der Waals surface area contributed by atoms with Gasteiger partial charge < -0.3 is 14.6 Å². The third-order valence-corrected chi connectivity index (χ3v) is 5.87. The molecule has 0 unspecified atom stereocenters. The van der Waals surface area contributed by atoms with Crippen molar-refractivity contribution < 1.29 is 14.6 Å². The Morgan fingerprint density at radius 3 is 1.54 bits per heavy atom. The lowest BCUT2D eigenvalue weighted by Crippen LogP contribution is -2.23.